The summed E-state index contributed by atoms with van der Waals surface area (Å²) in [5.41, 5.74) is 3.11. The van der Waals surface area contributed by atoms with Gasteiger partial charge < -0.3 is 14.4 Å². The molecule has 0 fully saturated rings. The molecule has 176 valence electrons. The predicted molar refractivity (Wildman–Crippen MR) is 131 cm³/mol. The number of hydrogen-bond acceptors (Lipinski definition) is 2. The van der Waals surface area contributed by atoms with Gasteiger partial charge in [-0.25, -0.2) is 0 Å². The molecule has 0 aliphatic carbocycles. The van der Waals surface area contributed by atoms with Crippen molar-refractivity contribution in [2.45, 2.75) is 73.9 Å². The van der Waals surface area contributed by atoms with Crippen LogP contribution in [0.4, 0.5) is 0 Å². The number of hydrogen-bond donors (Lipinski definition) is 0. The Labute approximate surface area is 194 Å². The highest BCUT2D eigenvalue weighted by molar-refractivity contribution is 5.87. The number of carbonyl (C=O) groups excluding carboxylic acids is 2. The lowest BCUT2D eigenvalue weighted by Crippen LogP contribution is -2.47. The SMILES string of the molecule is CCCCN(Cc1cccn1Cc1cccc(C)c1)C(=O)CN(CCC)C(=O)C(C)(C)C. The third-order valence-corrected chi connectivity index (χ3v) is 5.59. The van der Waals surface area contributed by atoms with Crippen LogP contribution in [-0.4, -0.2) is 45.8 Å². The van der Waals surface area contributed by atoms with Gasteiger partial charge in [-0.2, -0.15) is 0 Å². The molecule has 0 aliphatic heterocycles. The first kappa shape index (κ1) is 25.7. The smallest absolute Gasteiger partial charge is 0.242 e. The van der Waals surface area contributed by atoms with Crippen molar-refractivity contribution in [2.24, 2.45) is 5.41 Å². The van der Waals surface area contributed by atoms with Gasteiger partial charge in [0.2, 0.25) is 11.8 Å². The Kier molecular flexibility index (Phi) is 9.55. The van der Waals surface area contributed by atoms with E-state index in [1.165, 1.54) is 11.1 Å². The Morgan fingerprint density at radius 2 is 1.72 bits per heavy atom. The highest BCUT2D eigenvalue weighted by Crippen LogP contribution is 2.18. The number of nitrogens with zero attached hydrogens (tertiary/aromatic N) is 3. The van der Waals surface area contributed by atoms with E-state index in [1.807, 2.05) is 38.7 Å². The molecule has 0 N–H and O–H groups in total. The van der Waals surface area contributed by atoms with Gasteiger partial charge in [0.15, 0.2) is 0 Å². The topological polar surface area (TPSA) is 45.6 Å². The second-order valence-electron chi connectivity index (χ2n) is 9.76. The zero-order chi connectivity index (χ0) is 23.7. The van der Waals surface area contributed by atoms with Crippen LogP contribution in [0.5, 0.6) is 0 Å². The fraction of sp³-hybridized carbons (Fsp3) is 0.556. The second-order valence-corrected chi connectivity index (χ2v) is 9.76. The van der Waals surface area contributed by atoms with Crippen molar-refractivity contribution < 1.29 is 9.59 Å². The first-order valence-electron chi connectivity index (χ1n) is 11.9. The van der Waals surface area contributed by atoms with Gasteiger partial charge in [0.1, 0.15) is 0 Å². The molecule has 2 aromatic rings. The molecular formula is C27H41N3O2. The van der Waals surface area contributed by atoms with E-state index in [0.29, 0.717) is 19.6 Å². The standard InChI is InChI=1S/C27H41N3O2/c1-7-9-16-29(25(31)21-30(15-8-2)26(32)27(4,5)6)20-24-14-11-17-28(24)19-23-13-10-12-22(3)18-23/h10-14,17-18H,7-9,15-16,19-21H2,1-6H3. The summed E-state index contributed by atoms with van der Waals surface area (Å²) in [4.78, 5) is 29.9. The molecule has 0 saturated carbocycles. The number of rotatable bonds is 11. The molecule has 32 heavy (non-hydrogen) atoms. The van der Waals surface area contributed by atoms with Crippen molar-refractivity contribution in [3.05, 3.63) is 59.4 Å². The molecule has 1 heterocycles. The number of amides is 2. The summed E-state index contributed by atoms with van der Waals surface area (Å²) >= 11 is 0. The molecular weight excluding hydrogens is 398 g/mol. The van der Waals surface area contributed by atoms with E-state index in [1.54, 1.807) is 4.90 Å². The Bertz CT molecular complexity index is 879. The van der Waals surface area contributed by atoms with Crippen molar-refractivity contribution >= 4 is 11.8 Å². The highest BCUT2D eigenvalue weighted by Gasteiger charge is 2.29. The minimum Gasteiger partial charge on any atom is -0.345 e. The molecule has 0 spiro atoms. The van der Waals surface area contributed by atoms with Crippen molar-refractivity contribution in [1.82, 2.24) is 14.4 Å². The lowest BCUT2D eigenvalue weighted by atomic mass is 9.94. The molecule has 5 heteroatoms. The molecule has 0 atom stereocenters. The van der Waals surface area contributed by atoms with Gasteiger partial charge in [-0.3, -0.25) is 9.59 Å². The summed E-state index contributed by atoms with van der Waals surface area (Å²) < 4.78 is 2.21. The molecule has 5 nitrogen and oxygen atoms in total. The third kappa shape index (κ3) is 7.54. The summed E-state index contributed by atoms with van der Waals surface area (Å²) in [6, 6.07) is 12.7. The van der Waals surface area contributed by atoms with E-state index in [-0.39, 0.29) is 18.4 Å². The van der Waals surface area contributed by atoms with Crippen LogP contribution in [0.2, 0.25) is 0 Å². The van der Waals surface area contributed by atoms with Gasteiger partial charge in [-0.15, -0.1) is 0 Å². The van der Waals surface area contributed by atoms with E-state index < -0.39 is 5.41 Å². The van der Waals surface area contributed by atoms with Gasteiger partial charge >= 0.3 is 0 Å². The van der Waals surface area contributed by atoms with Gasteiger partial charge in [0, 0.05) is 36.9 Å². The van der Waals surface area contributed by atoms with Crippen LogP contribution >= 0.6 is 0 Å². The minimum atomic E-state index is -0.494. The molecule has 0 saturated heterocycles. The van der Waals surface area contributed by atoms with E-state index in [2.05, 4.69) is 54.9 Å². The molecule has 2 rings (SSSR count). The van der Waals surface area contributed by atoms with Crippen LogP contribution in [-0.2, 0) is 22.7 Å². The van der Waals surface area contributed by atoms with E-state index in [4.69, 9.17) is 0 Å². The molecule has 2 amide bonds. The van der Waals surface area contributed by atoms with Crippen LogP contribution < -0.4 is 0 Å². The lowest BCUT2D eigenvalue weighted by molar-refractivity contribution is -0.145. The van der Waals surface area contributed by atoms with E-state index in [0.717, 1.165) is 31.5 Å². The van der Waals surface area contributed by atoms with Crippen molar-refractivity contribution in [2.75, 3.05) is 19.6 Å². The summed E-state index contributed by atoms with van der Waals surface area (Å²) in [6.45, 7) is 14.8. The van der Waals surface area contributed by atoms with Crippen LogP contribution in [0.3, 0.4) is 0 Å². The van der Waals surface area contributed by atoms with Gasteiger partial charge in [-0.1, -0.05) is 70.9 Å². The van der Waals surface area contributed by atoms with Gasteiger partial charge in [0.25, 0.3) is 0 Å². The maximum absolute atomic E-state index is 13.3. The summed E-state index contributed by atoms with van der Waals surface area (Å²) in [5.74, 6) is 0.0544. The first-order valence-corrected chi connectivity index (χ1v) is 11.9. The maximum atomic E-state index is 13.3. The average molecular weight is 440 g/mol. The Balaban J connectivity index is 2.17. The summed E-state index contributed by atoms with van der Waals surface area (Å²) in [7, 11) is 0. The molecule has 0 bridgehead atoms. The quantitative estimate of drug-likeness (QED) is 0.479. The fourth-order valence-electron chi connectivity index (χ4n) is 3.85. The molecule has 0 radical (unpaired) electrons. The molecule has 0 aliphatic rings. The number of unbranched alkanes of at least 4 members (excludes halogenated alkanes) is 1. The van der Waals surface area contributed by atoms with Crippen molar-refractivity contribution in [1.29, 1.82) is 0 Å². The zero-order valence-corrected chi connectivity index (χ0v) is 20.9. The van der Waals surface area contributed by atoms with Crippen LogP contribution in [0.15, 0.2) is 42.6 Å². The van der Waals surface area contributed by atoms with Gasteiger partial charge in [-0.05, 0) is 37.5 Å². The Morgan fingerprint density at radius 3 is 2.34 bits per heavy atom. The van der Waals surface area contributed by atoms with Crippen LogP contribution in [0.1, 0.15) is 70.7 Å². The normalized spacial score (nSPS) is 11.4. The predicted octanol–water partition coefficient (Wildman–Crippen LogP) is 5.26. The molecule has 0 unspecified atom stereocenters. The number of carbonyl (C=O) groups is 2. The van der Waals surface area contributed by atoms with Crippen molar-refractivity contribution in [3.63, 3.8) is 0 Å². The van der Waals surface area contributed by atoms with Crippen LogP contribution in [0, 0.1) is 12.3 Å². The van der Waals surface area contributed by atoms with Crippen molar-refractivity contribution in [3.8, 4) is 0 Å². The highest BCUT2D eigenvalue weighted by atomic mass is 16.2. The first-order chi connectivity index (χ1) is 15.2. The fourth-order valence-corrected chi connectivity index (χ4v) is 3.85. The monoisotopic (exact) mass is 439 g/mol. The second kappa shape index (κ2) is 11.9. The minimum absolute atomic E-state index is 0.0211. The Hall–Kier alpha value is -2.56. The largest absolute Gasteiger partial charge is 0.345 e. The summed E-state index contributed by atoms with van der Waals surface area (Å²) in [5, 5.41) is 0. The lowest BCUT2D eigenvalue weighted by Gasteiger charge is -2.31. The van der Waals surface area contributed by atoms with E-state index in [9.17, 15) is 9.59 Å². The van der Waals surface area contributed by atoms with E-state index >= 15 is 0 Å². The maximum Gasteiger partial charge on any atom is 0.242 e. The zero-order valence-electron chi connectivity index (χ0n) is 20.9. The van der Waals surface area contributed by atoms with Gasteiger partial charge in [0.05, 0.1) is 13.1 Å². The molecule has 1 aromatic carbocycles. The number of aromatic nitrogens is 1. The van der Waals surface area contributed by atoms with Crippen LogP contribution in [0.25, 0.3) is 0 Å². The number of benzene rings is 1. The number of aryl methyl sites for hydroxylation is 1. The Morgan fingerprint density at radius 1 is 0.969 bits per heavy atom. The third-order valence-electron chi connectivity index (χ3n) is 5.59. The molecule has 1 aromatic heterocycles. The summed E-state index contributed by atoms with van der Waals surface area (Å²) in [6.07, 6.45) is 4.88. The average Bonchev–Trinajstić information content (AvgIpc) is 3.15.